The third kappa shape index (κ3) is 3.06. The number of aromatic nitrogens is 2. The van der Waals surface area contributed by atoms with E-state index in [1.54, 1.807) is 0 Å². The molecule has 0 saturated heterocycles. The number of hydrogen-bond acceptors (Lipinski definition) is 5. The smallest absolute Gasteiger partial charge is 0.294 e. The minimum absolute atomic E-state index is 0.247. The summed E-state index contributed by atoms with van der Waals surface area (Å²) in [6.07, 6.45) is 0. The molecule has 0 fully saturated rings. The Labute approximate surface area is 158 Å². The van der Waals surface area contributed by atoms with Crippen LogP contribution in [0.5, 0.6) is 0 Å². The van der Waals surface area contributed by atoms with E-state index in [0.717, 1.165) is 21.2 Å². The molecule has 0 saturated carbocycles. The Morgan fingerprint density at radius 3 is 2.88 bits per heavy atom. The summed E-state index contributed by atoms with van der Waals surface area (Å²) in [4.78, 5) is 21.8. The van der Waals surface area contributed by atoms with Crippen molar-refractivity contribution in [1.82, 2.24) is 9.97 Å². The van der Waals surface area contributed by atoms with Gasteiger partial charge in [0.1, 0.15) is 16.9 Å². The maximum Gasteiger partial charge on any atom is 0.294 e. The summed E-state index contributed by atoms with van der Waals surface area (Å²) in [5.74, 6) is 0.556. The number of aromatic amines is 1. The van der Waals surface area contributed by atoms with Gasteiger partial charge in [-0.25, -0.2) is 4.98 Å². The maximum absolute atomic E-state index is 12.4. The van der Waals surface area contributed by atoms with Crippen molar-refractivity contribution in [1.29, 1.82) is 0 Å². The van der Waals surface area contributed by atoms with Gasteiger partial charge in [-0.2, -0.15) is 0 Å². The Balaban J connectivity index is 1.69. The van der Waals surface area contributed by atoms with E-state index in [9.17, 15) is 4.79 Å². The average molecular weight is 413 g/mol. The first kappa shape index (κ1) is 16.7. The minimum Gasteiger partial charge on any atom is -0.449 e. The van der Waals surface area contributed by atoms with E-state index in [1.165, 1.54) is 0 Å². The molecular formula is C19H17BrN4O2. The number of furan rings is 1. The van der Waals surface area contributed by atoms with Gasteiger partial charge in [-0.3, -0.25) is 4.79 Å². The molecule has 0 aliphatic rings. The molecule has 7 heteroatoms. The van der Waals surface area contributed by atoms with E-state index in [1.807, 2.05) is 61.5 Å². The van der Waals surface area contributed by atoms with Crippen LogP contribution in [0.15, 0.2) is 56.1 Å². The molecule has 2 aromatic carbocycles. The molecule has 2 aromatic heterocycles. The molecule has 0 unspecified atom stereocenters. The van der Waals surface area contributed by atoms with Gasteiger partial charge in [0.25, 0.3) is 5.56 Å². The number of benzene rings is 2. The van der Waals surface area contributed by atoms with E-state index < -0.39 is 0 Å². The van der Waals surface area contributed by atoms with Crippen LogP contribution in [0.3, 0.4) is 0 Å². The van der Waals surface area contributed by atoms with Crippen molar-refractivity contribution >= 4 is 49.4 Å². The van der Waals surface area contributed by atoms with Gasteiger partial charge in [-0.1, -0.05) is 22.0 Å². The van der Waals surface area contributed by atoms with Crippen molar-refractivity contribution < 1.29 is 4.42 Å². The monoisotopic (exact) mass is 412 g/mol. The molecule has 0 atom stereocenters. The number of nitrogens with zero attached hydrogens (tertiary/aromatic N) is 2. The fourth-order valence-corrected chi connectivity index (χ4v) is 3.20. The first-order valence-electron chi connectivity index (χ1n) is 8.13. The Morgan fingerprint density at radius 1 is 1.23 bits per heavy atom. The molecule has 0 aliphatic heterocycles. The highest BCUT2D eigenvalue weighted by atomic mass is 79.9. The molecule has 0 aliphatic carbocycles. The fourth-order valence-electron chi connectivity index (χ4n) is 2.84. The molecule has 4 aromatic rings. The topological polar surface area (TPSA) is 74.2 Å². The lowest BCUT2D eigenvalue weighted by atomic mass is 10.2. The molecule has 0 spiro atoms. The highest BCUT2D eigenvalue weighted by Crippen LogP contribution is 2.27. The molecule has 6 nitrogen and oxygen atoms in total. The zero-order chi connectivity index (χ0) is 18.3. The normalized spacial score (nSPS) is 11.2. The highest BCUT2D eigenvalue weighted by molar-refractivity contribution is 9.10. The van der Waals surface area contributed by atoms with Gasteiger partial charge in [0.05, 0.1) is 6.54 Å². The number of rotatable bonds is 4. The second-order valence-corrected chi connectivity index (χ2v) is 7.15. The van der Waals surface area contributed by atoms with Crippen molar-refractivity contribution in [2.24, 2.45) is 0 Å². The van der Waals surface area contributed by atoms with Crippen molar-refractivity contribution in [2.75, 3.05) is 24.3 Å². The van der Waals surface area contributed by atoms with E-state index in [4.69, 9.17) is 4.42 Å². The number of anilines is 2. The molecule has 2 N–H and O–H groups in total. The number of nitrogens with one attached hydrogen (secondary N) is 2. The van der Waals surface area contributed by atoms with Crippen molar-refractivity contribution in [3.05, 3.63) is 63.1 Å². The Bertz CT molecular complexity index is 1160. The van der Waals surface area contributed by atoms with Crippen molar-refractivity contribution in [2.45, 2.75) is 6.54 Å². The van der Waals surface area contributed by atoms with Crippen LogP contribution in [0, 0.1) is 0 Å². The van der Waals surface area contributed by atoms with Crippen molar-refractivity contribution in [3.8, 4) is 0 Å². The number of hydrogen-bond donors (Lipinski definition) is 2. The quantitative estimate of drug-likeness (QED) is 0.527. The van der Waals surface area contributed by atoms with Crippen LogP contribution >= 0.6 is 15.9 Å². The first-order valence-corrected chi connectivity index (χ1v) is 8.93. The van der Waals surface area contributed by atoms with Crippen LogP contribution in [0.2, 0.25) is 0 Å². The van der Waals surface area contributed by atoms with E-state index >= 15 is 0 Å². The third-order valence-electron chi connectivity index (χ3n) is 4.16. The first-order chi connectivity index (χ1) is 12.5. The summed E-state index contributed by atoms with van der Waals surface area (Å²) in [7, 11) is 3.99. The summed E-state index contributed by atoms with van der Waals surface area (Å²) >= 11 is 3.45. The van der Waals surface area contributed by atoms with Gasteiger partial charge in [-0.05, 0) is 36.4 Å². The SMILES string of the molecule is CN(C)c1cccc(NCc2nc3c(oc4ccc(Br)cc43)c(=O)[nH]2)c1. The second-order valence-electron chi connectivity index (χ2n) is 6.23. The highest BCUT2D eigenvalue weighted by Gasteiger charge is 2.13. The van der Waals surface area contributed by atoms with Crippen LogP contribution in [-0.4, -0.2) is 24.1 Å². The summed E-state index contributed by atoms with van der Waals surface area (Å²) < 4.78 is 6.56. The van der Waals surface area contributed by atoms with E-state index in [0.29, 0.717) is 23.5 Å². The van der Waals surface area contributed by atoms with Crippen LogP contribution in [0.4, 0.5) is 11.4 Å². The lowest BCUT2D eigenvalue weighted by Gasteiger charge is -2.14. The summed E-state index contributed by atoms with van der Waals surface area (Å²) in [6.45, 7) is 0.405. The fraction of sp³-hybridized carbons (Fsp3) is 0.158. The molecule has 26 heavy (non-hydrogen) atoms. The molecule has 0 radical (unpaired) electrons. The van der Waals surface area contributed by atoms with Gasteiger partial charge in [0.15, 0.2) is 0 Å². The van der Waals surface area contributed by atoms with Gasteiger partial charge < -0.3 is 19.6 Å². The van der Waals surface area contributed by atoms with Gasteiger partial charge in [0.2, 0.25) is 5.58 Å². The van der Waals surface area contributed by atoms with Crippen LogP contribution in [-0.2, 0) is 6.54 Å². The standard InChI is InChI=1S/C19H17BrN4O2/c1-24(2)13-5-3-4-12(9-13)21-10-16-22-17-14-8-11(20)6-7-15(14)26-18(17)19(25)23-16/h3-9,21H,10H2,1-2H3,(H,22,23,25). The Kier molecular flexibility index (Phi) is 4.16. The summed E-state index contributed by atoms with van der Waals surface area (Å²) in [5.41, 5.74) is 3.24. The van der Waals surface area contributed by atoms with Crippen LogP contribution < -0.4 is 15.8 Å². The number of H-pyrrole nitrogens is 1. The van der Waals surface area contributed by atoms with Gasteiger partial charge >= 0.3 is 0 Å². The minimum atomic E-state index is -0.277. The van der Waals surface area contributed by atoms with E-state index in [-0.39, 0.29) is 11.1 Å². The molecule has 132 valence electrons. The van der Waals surface area contributed by atoms with Gasteiger partial charge in [-0.15, -0.1) is 0 Å². The lowest BCUT2D eigenvalue weighted by Crippen LogP contribution is -2.14. The predicted molar refractivity (Wildman–Crippen MR) is 108 cm³/mol. The molecule has 4 rings (SSSR count). The molecular weight excluding hydrogens is 396 g/mol. The lowest BCUT2D eigenvalue weighted by molar-refractivity contribution is 0.659. The average Bonchev–Trinajstić information content (AvgIpc) is 2.99. The zero-order valence-electron chi connectivity index (χ0n) is 14.3. The largest absolute Gasteiger partial charge is 0.449 e. The number of halogens is 1. The molecule has 0 amide bonds. The summed E-state index contributed by atoms with van der Waals surface area (Å²) in [6, 6.07) is 13.6. The second kappa shape index (κ2) is 6.49. The van der Waals surface area contributed by atoms with Crippen LogP contribution in [0.1, 0.15) is 5.82 Å². The summed E-state index contributed by atoms with van der Waals surface area (Å²) in [5, 5.41) is 4.12. The van der Waals surface area contributed by atoms with Crippen LogP contribution in [0.25, 0.3) is 22.1 Å². The molecule has 0 bridgehead atoms. The predicted octanol–water partition coefficient (Wildman–Crippen LogP) is 4.11. The van der Waals surface area contributed by atoms with E-state index in [2.05, 4.69) is 31.2 Å². The molecule has 2 heterocycles. The Morgan fingerprint density at radius 2 is 2.08 bits per heavy atom. The number of fused-ring (bicyclic) bond motifs is 3. The maximum atomic E-state index is 12.4. The van der Waals surface area contributed by atoms with Gasteiger partial charge in [0, 0.05) is 35.3 Å². The zero-order valence-corrected chi connectivity index (χ0v) is 15.9. The Hall–Kier alpha value is -2.80. The third-order valence-corrected chi connectivity index (χ3v) is 4.65. The van der Waals surface area contributed by atoms with Crippen molar-refractivity contribution in [3.63, 3.8) is 0 Å².